The van der Waals surface area contributed by atoms with Gasteiger partial charge in [-0.05, 0) is 42.8 Å². The van der Waals surface area contributed by atoms with Crippen molar-refractivity contribution >= 4 is 28.6 Å². The molecule has 1 heterocycles. The van der Waals surface area contributed by atoms with E-state index in [-0.39, 0.29) is 0 Å². The first-order valence-electron chi connectivity index (χ1n) is 4.50. The van der Waals surface area contributed by atoms with E-state index in [0.717, 1.165) is 9.37 Å². The molecule has 0 fully saturated rings. The van der Waals surface area contributed by atoms with Gasteiger partial charge in [0.15, 0.2) is 0 Å². The summed E-state index contributed by atoms with van der Waals surface area (Å²) in [6, 6.07) is 11.7. The van der Waals surface area contributed by atoms with Crippen LogP contribution >= 0.6 is 28.6 Å². The number of aryl methyl sites for hydroxylation is 1. The Labute approximate surface area is 104 Å². The Bertz CT molecular complexity index is 377. The van der Waals surface area contributed by atoms with Gasteiger partial charge in [-0.25, -0.2) is 0 Å². The second kappa shape index (κ2) is 6.64. The van der Waals surface area contributed by atoms with Crippen LogP contribution in [0.5, 0.6) is 0 Å². The summed E-state index contributed by atoms with van der Waals surface area (Å²) < 4.78 is 1.14. The Kier molecular flexibility index (Phi) is 5.43. The number of hydrogen-bond donors (Lipinski definition) is 1. The lowest BCUT2D eigenvalue weighted by Crippen LogP contribution is -1.73. The summed E-state index contributed by atoms with van der Waals surface area (Å²) in [5, 5.41) is 0. The molecule has 2 aromatic rings. The van der Waals surface area contributed by atoms with E-state index in [1.54, 1.807) is 12.4 Å². The number of thiol groups is 1. The smallest absolute Gasteiger partial charge is 0.0267 e. The average Bonchev–Trinajstić information content (AvgIpc) is 2.27. The maximum absolute atomic E-state index is 4.18. The molecule has 3 heteroatoms. The van der Waals surface area contributed by atoms with Gasteiger partial charge in [-0.3, -0.25) is 4.98 Å². The summed E-state index contributed by atoms with van der Waals surface area (Å²) in [4.78, 5) is 4.79. The summed E-state index contributed by atoms with van der Waals surface area (Å²) in [6.07, 6.45) is 3.50. The van der Waals surface area contributed by atoms with Gasteiger partial charge in [0.2, 0.25) is 0 Å². The van der Waals surface area contributed by atoms with Crippen LogP contribution in [0.25, 0.3) is 0 Å². The van der Waals surface area contributed by atoms with Gasteiger partial charge in [0.25, 0.3) is 0 Å². The molecule has 15 heavy (non-hydrogen) atoms. The van der Waals surface area contributed by atoms with E-state index in [2.05, 4.69) is 33.5 Å². The molecule has 0 aliphatic rings. The fourth-order valence-electron chi connectivity index (χ4n) is 0.941. The molecule has 0 N–H and O–H groups in total. The lowest BCUT2D eigenvalue weighted by molar-refractivity contribution is 1.33. The summed E-state index contributed by atoms with van der Waals surface area (Å²) >= 11 is 7.58. The SMILES string of the molecule is Cc1cc(S)ccc1Br.c1ccncc1. The molecule has 2 rings (SSSR count). The summed E-state index contributed by atoms with van der Waals surface area (Å²) in [5.74, 6) is 0. The predicted molar refractivity (Wildman–Crippen MR) is 70.4 cm³/mol. The van der Waals surface area contributed by atoms with Gasteiger partial charge in [0.1, 0.15) is 0 Å². The van der Waals surface area contributed by atoms with E-state index in [0.29, 0.717) is 0 Å². The minimum atomic E-state index is 1.01. The lowest BCUT2D eigenvalue weighted by atomic mass is 10.2. The summed E-state index contributed by atoms with van der Waals surface area (Å²) in [5.41, 5.74) is 1.22. The van der Waals surface area contributed by atoms with Crippen LogP contribution in [0, 0.1) is 6.92 Å². The third kappa shape index (κ3) is 5.00. The molecule has 78 valence electrons. The summed E-state index contributed by atoms with van der Waals surface area (Å²) in [6.45, 7) is 2.05. The number of pyridine rings is 1. The lowest BCUT2D eigenvalue weighted by Gasteiger charge is -1.96. The van der Waals surface area contributed by atoms with E-state index in [4.69, 9.17) is 0 Å². The maximum Gasteiger partial charge on any atom is 0.0267 e. The molecule has 0 aliphatic carbocycles. The van der Waals surface area contributed by atoms with Crippen LogP contribution in [0.4, 0.5) is 0 Å². The molecule has 1 aromatic heterocycles. The Morgan fingerprint density at radius 1 is 1.13 bits per heavy atom. The van der Waals surface area contributed by atoms with E-state index in [1.165, 1.54) is 5.56 Å². The number of nitrogens with zero attached hydrogens (tertiary/aromatic N) is 1. The van der Waals surface area contributed by atoms with Crippen molar-refractivity contribution in [1.29, 1.82) is 0 Å². The minimum Gasteiger partial charge on any atom is -0.265 e. The first-order valence-corrected chi connectivity index (χ1v) is 5.74. The molecule has 1 nitrogen and oxygen atoms in total. The zero-order chi connectivity index (χ0) is 11.1. The highest BCUT2D eigenvalue weighted by Gasteiger charge is 1.91. The number of halogens is 1. The Morgan fingerprint density at radius 3 is 2.13 bits per heavy atom. The first-order chi connectivity index (χ1) is 7.20. The molecular formula is C12H12BrNS. The highest BCUT2D eigenvalue weighted by Crippen LogP contribution is 2.18. The molecule has 0 amide bonds. The normalized spacial score (nSPS) is 9.00. The maximum atomic E-state index is 4.18. The first kappa shape index (κ1) is 12.3. The second-order valence-electron chi connectivity index (χ2n) is 2.96. The van der Waals surface area contributed by atoms with Gasteiger partial charge < -0.3 is 0 Å². The van der Waals surface area contributed by atoms with Crippen LogP contribution < -0.4 is 0 Å². The van der Waals surface area contributed by atoms with Gasteiger partial charge >= 0.3 is 0 Å². The highest BCUT2D eigenvalue weighted by molar-refractivity contribution is 9.10. The van der Waals surface area contributed by atoms with Crippen molar-refractivity contribution < 1.29 is 0 Å². The molecule has 0 spiro atoms. The van der Waals surface area contributed by atoms with Crippen LogP contribution in [0.3, 0.4) is 0 Å². The van der Waals surface area contributed by atoms with E-state index >= 15 is 0 Å². The van der Waals surface area contributed by atoms with E-state index < -0.39 is 0 Å². The van der Waals surface area contributed by atoms with E-state index in [9.17, 15) is 0 Å². The zero-order valence-corrected chi connectivity index (χ0v) is 10.9. The van der Waals surface area contributed by atoms with Crippen LogP contribution in [0.15, 0.2) is 58.2 Å². The minimum absolute atomic E-state index is 1.01. The third-order valence-corrected chi connectivity index (χ3v) is 2.88. The van der Waals surface area contributed by atoms with Crippen LogP contribution in [0.2, 0.25) is 0 Å². The van der Waals surface area contributed by atoms with Crippen molar-refractivity contribution in [3.63, 3.8) is 0 Å². The predicted octanol–water partition coefficient (Wildman–Crippen LogP) is 4.13. The van der Waals surface area contributed by atoms with Crippen molar-refractivity contribution in [1.82, 2.24) is 4.98 Å². The topological polar surface area (TPSA) is 12.9 Å². The van der Waals surface area contributed by atoms with Gasteiger partial charge in [-0.1, -0.05) is 22.0 Å². The molecule has 0 bridgehead atoms. The summed E-state index contributed by atoms with van der Waals surface area (Å²) in [7, 11) is 0. The fraction of sp³-hybridized carbons (Fsp3) is 0.0833. The Morgan fingerprint density at radius 2 is 1.80 bits per heavy atom. The zero-order valence-electron chi connectivity index (χ0n) is 8.39. The molecule has 0 atom stereocenters. The van der Waals surface area contributed by atoms with Crippen LogP contribution in [-0.2, 0) is 0 Å². The monoisotopic (exact) mass is 281 g/mol. The van der Waals surface area contributed by atoms with Crippen LogP contribution in [0.1, 0.15) is 5.56 Å². The molecule has 1 aromatic carbocycles. The van der Waals surface area contributed by atoms with E-state index in [1.807, 2.05) is 43.3 Å². The molecule has 0 saturated carbocycles. The van der Waals surface area contributed by atoms with Crippen LogP contribution in [-0.4, -0.2) is 4.98 Å². The quantitative estimate of drug-likeness (QED) is 0.717. The molecule has 0 aliphatic heterocycles. The number of aromatic nitrogens is 1. The Hall–Kier alpha value is -0.800. The average molecular weight is 282 g/mol. The van der Waals surface area contributed by atoms with Crippen molar-refractivity contribution in [2.24, 2.45) is 0 Å². The van der Waals surface area contributed by atoms with Crippen molar-refractivity contribution in [2.45, 2.75) is 11.8 Å². The largest absolute Gasteiger partial charge is 0.265 e. The standard InChI is InChI=1S/C7H7BrS.C5H5N/c1-5-4-6(9)2-3-7(5)8;1-2-4-6-5-3-1/h2-4,9H,1H3;1-5H. The number of rotatable bonds is 0. The van der Waals surface area contributed by atoms with Crippen molar-refractivity contribution in [3.8, 4) is 0 Å². The van der Waals surface area contributed by atoms with Gasteiger partial charge in [-0.15, -0.1) is 12.6 Å². The van der Waals surface area contributed by atoms with Gasteiger partial charge in [-0.2, -0.15) is 0 Å². The fourth-order valence-corrected chi connectivity index (χ4v) is 1.46. The molecular weight excluding hydrogens is 270 g/mol. The molecule has 0 unspecified atom stereocenters. The second-order valence-corrected chi connectivity index (χ2v) is 4.33. The van der Waals surface area contributed by atoms with Crippen molar-refractivity contribution in [3.05, 3.63) is 58.8 Å². The van der Waals surface area contributed by atoms with Gasteiger partial charge in [0, 0.05) is 21.8 Å². The highest BCUT2D eigenvalue weighted by atomic mass is 79.9. The Balaban J connectivity index is 0.000000162. The third-order valence-electron chi connectivity index (χ3n) is 1.71. The molecule has 0 saturated heterocycles. The number of hydrogen-bond acceptors (Lipinski definition) is 2. The van der Waals surface area contributed by atoms with Crippen molar-refractivity contribution in [2.75, 3.05) is 0 Å². The van der Waals surface area contributed by atoms with Gasteiger partial charge in [0.05, 0.1) is 0 Å². The molecule has 0 radical (unpaired) electrons. The number of benzene rings is 1.